The van der Waals surface area contributed by atoms with Gasteiger partial charge in [0.1, 0.15) is 5.82 Å². The van der Waals surface area contributed by atoms with E-state index in [1.54, 1.807) is 6.07 Å². The Labute approximate surface area is 99.2 Å². The van der Waals surface area contributed by atoms with Crippen LogP contribution < -0.4 is 5.32 Å². The lowest BCUT2D eigenvalue weighted by Gasteiger charge is -2.12. The first-order valence-corrected chi connectivity index (χ1v) is 6.10. The van der Waals surface area contributed by atoms with Crippen LogP contribution in [0.5, 0.6) is 0 Å². The van der Waals surface area contributed by atoms with Crippen molar-refractivity contribution in [2.45, 2.75) is 32.7 Å². The Morgan fingerprint density at radius 1 is 1.47 bits per heavy atom. The van der Waals surface area contributed by atoms with Crippen LogP contribution in [-0.2, 0) is 6.42 Å². The second-order valence-corrected chi connectivity index (χ2v) is 4.50. The van der Waals surface area contributed by atoms with Crippen LogP contribution in [0.3, 0.4) is 0 Å². The largest absolute Gasteiger partial charge is 0.315 e. The minimum absolute atomic E-state index is 0.177. The van der Waals surface area contributed by atoms with Gasteiger partial charge in [-0.3, -0.25) is 0 Å². The molecule has 0 spiro atoms. The van der Waals surface area contributed by atoms with Gasteiger partial charge in [-0.25, -0.2) is 4.39 Å². The van der Waals surface area contributed by atoms with Crippen LogP contribution in [0.2, 0.25) is 0 Å². The maximum atomic E-state index is 13.2. The van der Waals surface area contributed by atoms with Crippen molar-refractivity contribution in [3.05, 3.63) is 34.1 Å². The van der Waals surface area contributed by atoms with Crippen molar-refractivity contribution in [3.8, 4) is 0 Å². The highest BCUT2D eigenvalue weighted by Crippen LogP contribution is 2.21. The average molecular weight is 274 g/mol. The summed E-state index contributed by atoms with van der Waals surface area (Å²) in [4.78, 5) is 0. The fraction of sp³-hybridized carbons (Fsp3) is 0.500. The van der Waals surface area contributed by atoms with Gasteiger partial charge in [0, 0.05) is 6.04 Å². The van der Waals surface area contributed by atoms with Crippen molar-refractivity contribution in [2.24, 2.45) is 0 Å². The molecule has 0 heterocycles. The molecule has 3 heteroatoms. The van der Waals surface area contributed by atoms with Gasteiger partial charge in [0.15, 0.2) is 0 Å². The Morgan fingerprint density at radius 3 is 2.87 bits per heavy atom. The Kier molecular flexibility index (Phi) is 5.26. The third-order valence-corrected chi connectivity index (χ3v) is 3.32. The Balaban J connectivity index is 2.54. The highest BCUT2D eigenvalue weighted by molar-refractivity contribution is 9.10. The lowest BCUT2D eigenvalue weighted by Crippen LogP contribution is -2.25. The molecule has 0 aliphatic carbocycles. The SMILES string of the molecule is CCNC(C)CCc1cccc(F)c1Br. The summed E-state index contributed by atoms with van der Waals surface area (Å²) in [6.45, 7) is 5.22. The predicted molar refractivity (Wildman–Crippen MR) is 65.6 cm³/mol. The molecule has 0 aliphatic heterocycles. The number of hydrogen-bond acceptors (Lipinski definition) is 1. The van der Waals surface area contributed by atoms with Gasteiger partial charge >= 0.3 is 0 Å². The molecule has 1 atom stereocenters. The fourth-order valence-corrected chi connectivity index (χ4v) is 2.03. The molecule has 0 amide bonds. The Hall–Kier alpha value is -0.410. The first kappa shape index (κ1) is 12.7. The molecular formula is C12H17BrFN. The smallest absolute Gasteiger partial charge is 0.137 e. The van der Waals surface area contributed by atoms with E-state index in [4.69, 9.17) is 0 Å². The van der Waals surface area contributed by atoms with E-state index in [1.165, 1.54) is 6.07 Å². The molecule has 0 saturated heterocycles. The van der Waals surface area contributed by atoms with Crippen molar-refractivity contribution < 1.29 is 4.39 Å². The summed E-state index contributed by atoms with van der Waals surface area (Å²) in [7, 11) is 0. The molecule has 1 N–H and O–H groups in total. The van der Waals surface area contributed by atoms with Gasteiger partial charge in [-0.05, 0) is 53.9 Å². The normalized spacial score (nSPS) is 12.8. The van der Waals surface area contributed by atoms with Gasteiger partial charge < -0.3 is 5.32 Å². The molecule has 84 valence electrons. The summed E-state index contributed by atoms with van der Waals surface area (Å²) >= 11 is 3.27. The van der Waals surface area contributed by atoms with Crippen LogP contribution in [0.25, 0.3) is 0 Å². The molecule has 15 heavy (non-hydrogen) atoms. The summed E-state index contributed by atoms with van der Waals surface area (Å²) in [5.74, 6) is -0.177. The van der Waals surface area contributed by atoms with Crippen molar-refractivity contribution in [3.63, 3.8) is 0 Å². The topological polar surface area (TPSA) is 12.0 Å². The van der Waals surface area contributed by atoms with E-state index >= 15 is 0 Å². The van der Waals surface area contributed by atoms with Crippen LogP contribution in [0, 0.1) is 5.82 Å². The molecule has 0 saturated carbocycles. The fourth-order valence-electron chi connectivity index (χ4n) is 1.56. The van der Waals surface area contributed by atoms with Gasteiger partial charge in [0.05, 0.1) is 4.47 Å². The molecule has 0 bridgehead atoms. The summed E-state index contributed by atoms with van der Waals surface area (Å²) in [6, 6.07) is 5.67. The van der Waals surface area contributed by atoms with E-state index in [0.717, 1.165) is 24.9 Å². The molecule has 0 radical (unpaired) electrons. The maximum Gasteiger partial charge on any atom is 0.137 e. The zero-order chi connectivity index (χ0) is 11.3. The highest BCUT2D eigenvalue weighted by atomic mass is 79.9. The second kappa shape index (κ2) is 6.23. The monoisotopic (exact) mass is 273 g/mol. The number of halogens is 2. The first-order chi connectivity index (χ1) is 7.15. The number of aryl methyl sites for hydroxylation is 1. The quantitative estimate of drug-likeness (QED) is 0.866. The van der Waals surface area contributed by atoms with Crippen molar-refractivity contribution in [2.75, 3.05) is 6.54 Å². The second-order valence-electron chi connectivity index (χ2n) is 3.71. The lowest BCUT2D eigenvalue weighted by atomic mass is 10.1. The van der Waals surface area contributed by atoms with Crippen molar-refractivity contribution >= 4 is 15.9 Å². The number of rotatable bonds is 5. The summed E-state index contributed by atoms with van der Waals surface area (Å²) in [5.41, 5.74) is 1.04. The van der Waals surface area contributed by atoms with Gasteiger partial charge in [0.25, 0.3) is 0 Å². The third kappa shape index (κ3) is 3.92. The average Bonchev–Trinajstić information content (AvgIpc) is 2.21. The van der Waals surface area contributed by atoms with Crippen LogP contribution >= 0.6 is 15.9 Å². The van der Waals surface area contributed by atoms with E-state index in [2.05, 4.69) is 35.1 Å². The van der Waals surface area contributed by atoms with Crippen molar-refractivity contribution in [1.82, 2.24) is 5.32 Å². The first-order valence-electron chi connectivity index (χ1n) is 5.31. The summed E-state index contributed by atoms with van der Waals surface area (Å²) in [6.07, 6.45) is 1.92. The Bertz CT molecular complexity index is 314. The zero-order valence-electron chi connectivity index (χ0n) is 9.19. The van der Waals surface area contributed by atoms with Crippen molar-refractivity contribution in [1.29, 1.82) is 0 Å². The molecule has 0 fully saturated rings. The molecule has 1 aromatic rings. The molecular weight excluding hydrogens is 257 g/mol. The molecule has 1 nitrogen and oxygen atoms in total. The standard InChI is InChI=1S/C12H17BrFN/c1-3-15-9(2)7-8-10-5-4-6-11(14)12(10)13/h4-6,9,15H,3,7-8H2,1-2H3. The zero-order valence-corrected chi connectivity index (χ0v) is 10.8. The van der Waals surface area contributed by atoms with E-state index in [-0.39, 0.29) is 5.82 Å². The predicted octanol–water partition coefficient (Wildman–Crippen LogP) is 3.52. The Morgan fingerprint density at radius 2 is 2.20 bits per heavy atom. The van der Waals surface area contributed by atoms with Gasteiger partial charge in [-0.1, -0.05) is 19.1 Å². The molecule has 0 aromatic heterocycles. The third-order valence-electron chi connectivity index (χ3n) is 2.43. The van der Waals surface area contributed by atoms with E-state index in [0.29, 0.717) is 10.5 Å². The number of hydrogen-bond donors (Lipinski definition) is 1. The highest BCUT2D eigenvalue weighted by Gasteiger charge is 2.06. The van der Waals surface area contributed by atoms with Crippen LogP contribution in [0.4, 0.5) is 4.39 Å². The molecule has 1 rings (SSSR count). The van der Waals surface area contributed by atoms with E-state index in [1.807, 2.05) is 6.07 Å². The number of nitrogens with one attached hydrogen (secondary N) is 1. The van der Waals surface area contributed by atoms with Gasteiger partial charge in [-0.15, -0.1) is 0 Å². The maximum absolute atomic E-state index is 13.2. The summed E-state index contributed by atoms with van der Waals surface area (Å²) < 4.78 is 13.8. The van der Waals surface area contributed by atoms with Crippen LogP contribution in [0.15, 0.2) is 22.7 Å². The number of benzene rings is 1. The van der Waals surface area contributed by atoms with Crippen LogP contribution in [0.1, 0.15) is 25.8 Å². The molecule has 1 unspecified atom stereocenters. The summed E-state index contributed by atoms with van der Waals surface area (Å²) in [5, 5.41) is 3.34. The lowest BCUT2D eigenvalue weighted by molar-refractivity contribution is 0.528. The van der Waals surface area contributed by atoms with Gasteiger partial charge in [-0.2, -0.15) is 0 Å². The molecule has 1 aromatic carbocycles. The van der Waals surface area contributed by atoms with E-state index in [9.17, 15) is 4.39 Å². The van der Waals surface area contributed by atoms with Gasteiger partial charge in [0.2, 0.25) is 0 Å². The minimum atomic E-state index is -0.177. The van der Waals surface area contributed by atoms with E-state index < -0.39 is 0 Å². The molecule has 0 aliphatic rings. The van der Waals surface area contributed by atoms with Crippen LogP contribution in [-0.4, -0.2) is 12.6 Å². The minimum Gasteiger partial charge on any atom is -0.315 e.